The fourth-order valence-corrected chi connectivity index (χ4v) is 5.70. The maximum Gasteiger partial charge on any atom is 0.248 e. The number of carbonyl (C=O) groups excluding carboxylic acids is 2. The predicted molar refractivity (Wildman–Crippen MR) is 137 cm³/mol. The van der Waals surface area contributed by atoms with Crippen LogP contribution in [0.4, 0.5) is 5.13 Å². The van der Waals surface area contributed by atoms with E-state index >= 15 is 0 Å². The van der Waals surface area contributed by atoms with Gasteiger partial charge in [0.2, 0.25) is 11.8 Å². The van der Waals surface area contributed by atoms with E-state index in [1.165, 1.54) is 30.6 Å². The van der Waals surface area contributed by atoms with Crippen LogP contribution in [0, 0.1) is 5.92 Å². The van der Waals surface area contributed by atoms with Crippen molar-refractivity contribution >= 4 is 28.3 Å². The largest absolute Gasteiger partial charge is 0.493 e. The summed E-state index contributed by atoms with van der Waals surface area (Å²) in [5.41, 5.74) is 1.13. The quantitative estimate of drug-likeness (QED) is 0.534. The van der Waals surface area contributed by atoms with Gasteiger partial charge in [-0.1, -0.05) is 38.2 Å². The number of benzene rings is 1. The smallest absolute Gasteiger partial charge is 0.248 e. The van der Waals surface area contributed by atoms with E-state index in [0.29, 0.717) is 35.6 Å². The van der Waals surface area contributed by atoms with Crippen molar-refractivity contribution < 1.29 is 19.1 Å². The second kappa shape index (κ2) is 12.4. The van der Waals surface area contributed by atoms with Gasteiger partial charge >= 0.3 is 0 Å². The molecule has 1 aromatic heterocycles. The first kappa shape index (κ1) is 25.4. The van der Waals surface area contributed by atoms with Gasteiger partial charge in [-0.05, 0) is 36.5 Å². The Morgan fingerprint density at radius 1 is 1.17 bits per heavy atom. The van der Waals surface area contributed by atoms with Crippen molar-refractivity contribution in [1.82, 2.24) is 14.8 Å². The molecule has 2 aromatic rings. The van der Waals surface area contributed by atoms with Crippen LogP contribution in [0.3, 0.4) is 0 Å². The standard InChI is InChI=1S/C26H36N4O4S/c1-33-22-9-8-20(17-23(22)34-2)10-12-29-13-14-30(24(31)18-29)21(16-19-6-4-3-5-7-19)25(32)28-26-27-11-15-35-26/h8-9,11,15,17,19,21H,3-7,10,12-14,16,18H2,1-2H3,(H,27,28,32). The van der Waals surface area contributed by atoms with Crippen LogP contribution in [-0.4, -0.2) is 73.0 Å². The molecule has 9 heteroatoms. The van der Waals surface area contributed by atoms with Crippen molar-refractivity contribution in [1.29, 1.82) is 0 Å². The summed E-state index contributed by atoms with van der Waals surface area (Å²) >= 11 is 1.40. The van der Waals surface area contributed by atoms with E-state index in [-0.39, 0.29) is 11.8 Å². The zero-order valence-corrected chi connectivity index (χ0v) is 21.5. The summed E-state index contributed by atoms with van der Waals surface area (Å²) in [6, 6.07) is 5.49. The Morgan fingerprint density at radius 2 is 1.97 bits per heavy atom. The maximum atomic E-state index is 13.3. The number of nitrogens with zero attached hydrogens (tertiary/aromatic N) is 3. The molecule has 2 aliphatic rings. The molecule has 190 valence electrons. The van der Waals surface area contributed by atoms with Gasteiger partial charge in [-0.15, -0.1) is 11.3 Å². The molecule has 0 bridgehead atoms. The van der Waals surface area contributed by atoms with Gasteiger partial charge in [-0.3, -0.25) is 14.5 Å². The van der Waals surface area contributed by atoms with E-state index in [1.807, 2.05) is 28.5 Å². The second-order valence-electron chi connectivity index (χ2n) is 9.38. The lowest BCUT2D eigenvalue weighted by Crippen LogP contribution is -2.57. The highest BCUT2D eigenvalue weighted by atomic mass is 32.1. The van der Waals surface area contributed by atoms with Crippen LogP contribution in [0.2, 0.25) is 0 Å². The van der Waals surface area contributed by atoms with Crippen molar-refractivity contribution in [2.24, 2.45) is 5.92 Å². The Hall–Kier alpha value is -2.65. The number of ether oxygens (including phenoxy) is 2. The van der Waals surface area contributed by atoms with Crippen molar-refractivity contribution in [3.8, 4) is 11.5 Å². The molecule has 8 nitrogen and oxygen atoms in total. The van der Waals surface area contributed by atoms with Crippen LogP contribution in [-0.2, 0) is 16.0 Å². The van der Waals surface area contributed by atoms with Gasteiger partial charge < -0.3 is 19.7 Å². The van der Waals surface area contributed by atoms with Gasteiger partial charge in [0.25, 0.3) is 0 Å². The molecule has 1 atom stereocenters. The Labute approximate surface area is 211 Å². The van der Waals surface area contributed by atoms with Crippen molar-refractivity contribution in [3.05, 3.63) is 35.3 Å². The first-order chi connectivity index (χ1) is 17.1. The first-order valence-electron chi connectivity index (χ1n) is 12.5. The number of hydrogen-bond donors (Lipinski definition) is 1. The molecule has 2 heterocycles. The Morgan fingerprint density at radius 3 is 2.66 bits per heavy atom. The van der Waals surface area contributed by atoms with E-state index in [1.54, 1.807) is 20.4 Å². The molecule has 0 spiro atoms. The van der Waals surface area contributed by atoms with Crippen LogP contribution in [0.1, 0.15) is 44.1 Å². The lowest BCUT2D eigenvalue weighted by atomic mass is 9.84. The minimum Gasteiger partial charge on any atom is -0.493 e. The van der Waals surface area contributed by atoms with Crippen LogP contribution in [0.15, 0.2) is 29.8 Å². The summed E-state index contributed by atoms with van der Waals surface area (Å²) in [7, 11) is 3.26. The molecule has 4 rings (SSSR count). The summed E-state index contributed by atoms with van der Waals surface area (Å²) in [6.45, 7) is 2.42. The number of rotatable bonds is 10. The highest BCUT2D eigenvalue weighted by molar-refractivity contribution is 7.13. The minimum absolute atomic E-state index is 0.0265. The fourth-order valence-electron chi connectivity index (χ4n) is 5.17. The number of anilines is 1. The highest BCUT2D eigenvalue weighted by Crippen LogP contribution is 2.30. The summed E-state index contributed by atoms with van der Waals surface area (Å²) in [5.74, 6) is 1.82. The van der Waals surface area contributed by atoms with E-state index in [4.69, 9.17) is 9.47 Å². The first-order valence-corrected chi connectivity index (χ1v) is 13.4. The van der Waals surface area contributed by atoms with Crippen molar-refractivity contribution in [3.63, 3.8) is 0 Å². The molecule has 1 unspecified atom stereocenters. The molecule has 1 saturated carbocycles. The Balaban J connectivity index is 1.37. The number of hydrogen-bond acceptors (Lipinski definition) is 7. The van der Waals surface area contributed by atoms with E-state index < -0.39 is 6.04 Å². The fraction of sp³-hybridized carbons (Fsp3) is 0.577. The number of methoxy groups -OCH3 is 2. The maximum absolute atomic E-state index is 13.3. The van der Waals surface area contributed by atoms with Gasteiger partial charge in [0, 0.05) is 31.2 Å². The monoisotopic (exact) mass is 500 g/mol. The normalized spacial score (nSPS) is 18.3. The topological polar surface area (TPSA) is 84.0 Å². The third-order valence-corrected chi connectivity index (χ3v) is 7.81. The van der Waals surface area contributed by atoms with Gasteiger partial charge in [0.05, 0.1) is 20.8 Å². The molecule has 1 N–H and O–H groups in total. The summed E-state index contributed by atoms with van der Waals surface area (Å²) < 4.78 is 10.7. The number of aromatic nitrogens is 1. The average Bonchev–Trinajstić information content (AvgIpc) is 3.40. The molecule has 0 radical (unpaired) electrons. The van der Waals surface area contributed by atoms with Gasteiger partial charge in [0.15, 0.2) is 16.6 Å². The van der Waals surface area contributed by atoms with E-state index in [0.717, 1.165) is 44.3 Å². The molecule has 1 aromatic carbocycles. The molecular formula is C26H36N4O4S. The second-order valence-corrected chi connectivity index (χ2v) is 10.3. The Kier molecular flexibility index (Phi) is 8.98. The molecule has 1 aliphatic carbocycles. The van der Waals surface area contributed by atoms with Crippen LogP contribution in [0.5, 0.6) is 11.5 Å². The van der Waals surface area contributed by atoms with E-state index in [2.05, 4.69) is 15.2 Å². The summed E-state index contributed by atoms with van der Waals surface area (Å²) in [5, 5.41) is 5.38. The van der Waals surface area contributed by atoms with Crippen molar-refractivity contribution in [2.45, 2.75) is 51.0 Å². The molecule has 2 amide bonds. The SMILES string of the molecule is COc1ccc(CCN2CCN(C(CC3CCCCC3)C(=O)Nc3nccs3)C(=O)C2)cc1OC. The van der Waals surface area contributed by atoms with Crippen LogP contribution in [0.25, 0.3) is 0 Å². The number of carbonyl (C=O) groups is 2. The highest BCUT2D eigenvalue weighted by Gasteiger charge is 2.35. The molecule has 1 aliphatic heterocycles. The van der Waals surface area contributed by atoms with Crippen LogP contribution >= 0.6 is 11.3 Å². The Bertz CT molecular complexity index is 978. The summed E-state index contributed by atoms with van der Waals surface area (Å²) in [6.07, 6.45) is 9.19. The van der Waals surface area contributed by atoms with E-state index in [9.17, 15) is 9.59 Å². The van der Waals surface area contributed by atoms with Crippen LogP contribution < -0.4 is 14.8 Å². The lowest BCUT2D eigenvalue weighted by molar-refractivity contribution is -0.143. The average molecular weight is 501 g/mol. The number of amides is 2. The zero-order valence-electron chi connectivity index (χ0n) is 20.7. The van der Waals surface area contributed by atoms with Crippen molar-refractivity contribution in [2.75, 3.05) is 45.7 Å². The number of piperazine rings is 1. The number of thiazole rings is 1. The minimum atomic E-state index is -0.442. The van der Waals surface area contributed by atoms with Gasteiger partial charge in [0.1, 0.15) is 6.04 Å². The predicted octanol–water partition coefficient (Wildman–Crippen LogP) is 3.82. The van der Waals surface area contributed by atoms with Gasteiger partial charge in [-0.25, -0.2) is 4.98 Å². The molecule has 2 fully saturated rings. The molecule has 1 saturated heterocycles. The lowest BCUT2D eigenvalue weighted by Gasteiger charge is -2.39. The number of nitrogens with one attached hydrogen (secondary N) is 1. The molecular weight excluding hydrogens is 464 g/mol. The summed E-state index contributed by atoms with van der Waals surface area (Å²) in [4.78, 5) is 34.7. The zero-order chi connectivity index (χ0) is 24.6. The third kappa shape index (κ3) is 6.73. The molecule has 35 heavy (non-hydrogen) atoms. The third-order valence-electron chi connectivity index (χ3n) is 7.12. The van der Waals surface area contributed by atoms with Gasteiger partial charge in [-0.2, -0.15) is 0 Å².